The van der Waals surface area contributed by atoms with Gasteiger partial charge in [0.1, 0.15) is 24.4 Å². The monoisotopic (exact) mass is 482 g/mol. The average Bonchev–Trinajstić information content (AvgIpc) is 3.39. The zero-order valence-corrected chi connectivity index (χ0v) is 19.2. The summed E-state index contributed by atoms with van der Waals surface area (Å²) in [7, 11) is 0. The highest BCUT2D eigenvalue weighted by molar-refractivity contribution is 5.94. The maximum Gasteiger partial charge on any atom is 0.322 e. The van der Waals surface area contributed by atoms with Crippen molar-refractivity contribution in [1.29, 1.82) is 0 Å². The van der Waals surface area contributed by atoms with E-state index >= 15 is 0 Å². The number of carboxylic acid groups (broad SMARTS) is 1. The molecule has 2 aromatic rings. The molecule has 10 nitrogen and oxygen atoms in total. The van der Waals surface area contributed by atoms with E-state index in [9.17, 15) is 24.3 Å². The van der Waals surface area contributed by atoms with Gasteiger partial charge in [-0.05, 0) is 42.6 Å². The molecule has 2 aromatic carbocycles. The largest absolute Gasteiger partial charge is 0.508 e. The van der Waals surface area contributed by atoms with Gasteiger partial charge in [0.05, 0.1) is 6.04 Å². The van der Waals surface area contributed by atoms with Crippen LogP contribution in [0.4, 0.5) is 0 Å². The second kappa shape index (κ2) is 12.5. The Morgan fingerprint density at radius 3 is 2.11 bits per heavy atom. The van der Waals surface area contributed by atoms with Crippen molar-refractivity contribution < 1.29 is 29.4 Å². The number of hydrogen-bond donors (Lipinski definition) is 6. The molecule has 0 spiro atoms. The average molecular weight is 483 g/mol. The minimum Gasteiger partial charge on any atom is -0.508 e. The Kier molecular flexibility index (Phi) is 9.19. The maximum atomic E-state index is 13.3. The van der Waals surface area contributed by atoms with Crippen LogP contribution in [0.15, 0.2) is 54.6 Å². The van der Waals surface area contributed by atoms with Crippen LogP contribution in [-0.4, -0.2) is 65.1 Å². The molecule has 0 aliphatic carbocycles. The van der Waals surface area contributed by atoms with E-state index in [-0.39, 0.29) is 24.5 Å². The highest BCUT2D eigenvalue weighted by atomic mass is 16.4. The molecule has 1 aliphatic heterocycles. The number of carbonyl (C=O) groups is 4. The number of phenolic OH excluding ortho intramolecular Hbond substituents is 1. The van der Waals surface area contributed by atoms with Gasteiger partial charge in [-0.15, -0.1) is 0 Å². The number of benzene rings is 2. The second-order valence-electron chi connectivity index (χ2n) is 8.44. The molecule has 0 radical (unpaired) electrons. The summed E-state index contributed by atoms with van der Waals surface area (Å²) in [5.41, 5.74) is 1.48. The standard InChI is InChI=1S/C25H30N4O6/c30-18-10-8-17(9-11-18)14-21(29-24(34)19-7-4-12-26-19)25(35)28-20(23(33)27-15-22(31)32)13-16-5-2-1-3-6-16/h1-3,5-6,8-11,19-21,26,30H,4,7,12-15H2,(H,27,33)(H,28,35)(H,29,34)(H,31,32). The fraction of sp³-hybridized carbons (Fsp3) is 0.360. The number of aliphatic carboxylic acids is 1. The number of phenols is 1. The van der Waals surface area contributed by atoms with Crippen LogP contribution in [0.2, 0.25) is 0 Å². The molecule has 6 N–H and O–H groups in total. The van der Waals surface area contributed by atoms with Gasteiger partial charge >= 0.3 is 5.97 Å². The first kappa shape index (κ1) is 25.7. The molecular formula is C25H30N4O6. The quantitative estimate of drug-likeness (QED) is 0.265. The van der Waals surface area contributed by atoms with Crippen LogP contribution in [0.3, 0.4) is 0 Å². The molecule has 186 valence electrons. The van der Waals surface area contributed by atoms with Crippen molar-refractivity contribution in [2.75, 3.05) is 13.1 Å². The summed E-state index contributed by atoms with van der Waals surface area (Å²) in [5.74, 6) is -2.65. The Morgan fingerprint density at radius 2 is 1.51 bits per heavy atom. The SMILES string of the molecule is O=C(O)CNC(=O)C(Cc1ccccc1)NC(=O)C(Cc1ccc(O)cc1)NC(=O)C1CCCN1. The van der Waals surface area contributed by atoms with Crippen molar-refractivity contribution >= 4 is 23.7 Å². The lowest BCUT2D eigenvalue weighted by Crippen LogP contribution is -2.57. The number of amides is 3. The molecule has 3 unspecified atom stereocenters. The van der Waals surface area contributed by atoms with E-state index in [0.29, 0.717) is 12.0 Å². The van der Waals surface area contributed by atoms with E-state index in [1.807, 2.05) is 6.07 Å². The summed E-state index contributed by atoms with van der Waals surface area (Å²) in [6.45, 7) is 0.136. The third kappa shape index (κ3) is 8.11. The first-order valence-electron chi connectivity index (χ1n) is 11.5. The van der Waals surface area contributed by atoms with Crippen LogP contribution in [0, 0.1) is 0 Å². The Morgan fingerprint density at radius 1 is 0.886 bits per heavy atom. The number of carbonyl (C=O) groups excluding carboxylic acids is 3. The van der Waals surface area contributed by atoms with Gasteiger partial charge in [-0.25, -0.2) is 0 Å². The predicted octanol–water partition coefficient (Wildman–Crippen LogP) is 0.0998. The van der Waals surface area contributed by atoms with Crippen LogP contribution in [0.5, 0.6) is 5.75 Å². The minimum absolute atomic E-state index is 0.0759. The second-order valence-corrected chi connectivity index (χ2v) is 8.44. The van der Waals surface area contributed by atoms with Crippen molar-refractivity contribution in [3.63, 3.8) is 0 Å². The van der Waals surface area contributed by atoms with Crippen molar-refractivity contribution in [2.45, 2.75) is 43.8 Å². The Balaban J connectivity index is 1.77. The Hall–Kier alpha value is -3.92. The zero-order chi connectivity index (χ0) is 25.2. The molecule has 1 saturated heterocycles. The molecule has 10 heteroatoms. The summed E-state index contributed by atoms with van der Waals surface area (Å²) >= 11 is 0. The van der Waals surface area contributed by atoms with E-state index in [2.05, 4.69) is 21.3 Å². The van der Waals surface area contributed by atoms with E-state index in [1.165, 1.54) is 12.1 Å². The van der Waals surface area contributed by atoms with Gasteiger partial charge in [-0.3, -0.25) is 19.2 Å². The van der Waals surface area contributed by atoms with Crippen LogP contribution in [0.25, 0.3) is 0 Å². The van der Waals surface area contributed by atoms with Gasteiger partial charge in [-0.1, -0.05) is 42.5 Å². The highest BCUT2D eigenvalue weighted by Crippen LogP contribution is 2.13. The zero-order valence-electron chi connectivity index (χ0n) is 19.2. The number of aromatic hydroxyl groups is 1. The van der Waals surface area contributed by atoms with E-state index in [0.717, 1.165) is 18.5 Å². The van der Waals surface area contributed by atoms with Gasteiger partial charge in [0.15, 0.2) is 0 Å². The van der Waals surface area contributed by atoms with Crippen molar-refractivity contribution in [1.82, 2.24) is 21.3 Å². The van der Waals surface area contributed by atoms with Crippen molar-refractivity contribution in [3.8, 4) is 5.75 Å². The summed E-state index contributed by atoms with van der Waals surface area (Å²) in [6, 6.07) is 12.9. The van der Waals surface area contributed by atoms with Crippen molar-refractivity contribution in [2.24, 2.45) is 0 Å². The third-order valence-corrected chi connectivity index (χ3v) is 5.72. The summed E-state index contributed by atoms with van der Waals surface area (Å²) in [5, 5.41) is 29.3. The molecule has 0 saturated carbocycles. The molecule has 3 atom stereocenters. The van der Waals surface area contributed by atoms with E-state index in [1.54, 1.807) is 36.4 Å². The number of hydrogen-bond acceptors (Lipinski definition) is 6. The van der Waals surface area contributed by atoms with E-state index in [4.69, 9.17) is 5.11 Å². The minimum atomic E-state index is -1.20. The van der Waals surface area contributed by atoms with Crippen LogP contribution in [-0.2, 0) is 32.0 Å². The first-order valence-corrected chi connectivity index (χ1v) is 11.5. The van der Waals surface area contributed by atoms with Gasteiger partial charge < -0.3 is 31.5 Å². The van der Waals surface area contributed by atoms with E-state index < -0.39 is 42.5 Å². The fourth-order valence-electron chi connectivity index (χ4n) is 3.87. The molecule has 0 aromatic heterocycles. The lowest BCUT2D eigenvalue weighted by molar-refractivity contribution is -0.138. The molecular weight excluding hydrogens is 452 g/mol. The predicted molar refractivity (Wildman–Crippen MR) is 127 cm³/mol. The molecule has 0 bridgehead atoms. The van der Waals surface area contributed by atoms with Crippen LogP contribution < -0.4 is 21.3 Å². The molecule has 1 heterocycles. The van der Waals surface area contributed by atoms with Crippen LogP contribution >= 0.6 is 0 Å². The lowest BCUT2D eigenvalue weighted by atomic mass is 10.0. The smallest absolute Gasteiger partial charge is 0.322 e. The summed E-state index contributed by atoms with van der Waals surface area (Å²) < 4.78 is 0. The summed E-state index contributed by atoms with van der Waals surface area (Å²) in [6.07, 6.45) is 1.80. The Labute approximate surface area is 203 Å². The Bertz CT molecular complexity index is 1020. The molecule has 1 aliphatic rings. The summed E-state index contributed by atoms with van der Waals surface area (Å²) in [4.78, 5) is 49.7. The van der Waals surface area contributed by atoms with Gasteiger partial charge in [0.25, 0.3) is 0 Å². The van der Waals surface area contributed by atoms with Gasteiger partial charge in [-0.2, -0.15) is 0 Å². The van der Waals surface area contributed by atoms with Gasteiger partial charge in [0, 0.05) is 12.8 Å². The number of carboxylic acids is 1. The van der Waals surface area contributed by atoms with Gasteiger partial charge in [0.2, 0.25) is 17.7 Å². The maximum absolute atomic E-state index is 13.3. The normalized spacial score (nSPS) is 16.6. The van der Waals surface area contributed by atoms with Crippen LogP contribution in [0.1, 0.15) is 24.0 Å². The highest BCUT2D eigenvalue weighted by Gasteiger charge is 2.30. The first-order chi connectivity index (χ1) is 16.8. The third-order valence-electron chi connectivity index (χ3n) is 5.72. The fourth-order valence-corrected chi connectivity index (χ4v) is 3.87. The molecule has 3 rings (SSSR count). The number of rotatable bonds is 11. The number of nitrogens with one attached hydrogen (secondary N) is 4. The molecule has 1 fully saturated rings. The lowest BCUT2D eigenvalue weighted by Gasteiger charge is -2.24. The molecule has 35 heavy (non-hydrogen) atoms. The molecule has 3 amide bonds. The topological polar surface area (TPSA) is 157 Å². The van der Waals surface area contributed by atoms with Crippen molar-refractivity contribution in [3.05, 3.63) is 65.7 Å².